The molecule has 6 nitrogen and oxygen atoms in total. The molecule has 0 unspecified atom stereocenters. The van der Waals surface area contributed by atoms with Crippen LogP contribution in [0.3, 0.4) is 0 Å². The van der Waals surface area contributed by atoms with Crippen LogP contribution in [0.5, 0.6) is 0 Å². The molecule has 3 aromatic heterocycles. The van der Waals surface area contributed by atoms with Crippen molar-refractivity contribution in [1.29, 1.82) is 0 Å². The molecule has 0 saturated heterocycles. The van der Waals surface area contributed by atoms with Crippen LogP contribution < -0.4 is 5.73 Å². The summed E-state index contributed by atoms with van der Waals surface area (Å²) in [4.78, 5) is 11.7. The number of nitrogens with zero attached hydrogens (tertiary/aromatic N) is 3. The van der Waals surface area contributed by atoms with E-state index in [1.54, 1.807) is 6.20 Å². The average Bonchev–Trinajstić information content (AvgIpc) is 3.02. The molecule has 0 radical (unpaired) electrons. The van der Waals surface area contributed by atoms with Gasteiger partial charge in [0, 0.05) is 18.0 Å². The van der Waals surface area contributed by atoms with Gasteiger partial charge in [-0.25, -0.2) is 4.98 Å². The van der Waals surface area contributed by atoms with Crippen molar-refractivity contribution in [3.8, 4) is 11.5 Å². The van der Waals surface area contributed by atoms with Crippen LogP contribution in [0.15, 0.2) is 28.9 Å². The zero-order valence-electron chi connectivity index (χ0n) is 9.76. The molecule has 18 heavy (non-hydrogen) atoms. The van der Waals surface area contributed by atoms with Crippen LogP contribution in [0.2, 0.25) is 0 Å². The van der Waals surface area contributed by atoms with Gasteiger partial charge in [-0.15, -0.1) is 0 Å². The Kier molecular flexibility index (Phi) is 2.77. The molecule has 3 rings (SSSR count). The Morgan fingerprint density at radius 2 is 2.33 bits per heavy atom. The number of hydrogen-bond donors (Lipinski definition) is 2. The Bertz CT molecular complexity index is 624. The minimum Gasteiger partial charge on any atom is -0.339 e. The van der Waals surface area contributed by atoms with Gasteiger partial charge >= 0.3 is 0 Å². The Balaban J connectivity index is 1.91. The quantitative estimate of drug-likeness (QED) is 0.724. The fourth-order valence-corrected chi connectivity index (χ4v) is 1.80. The summed E-state index contributed by atoms with van der Waals surface area (Å²) in [5, 5.41) is 4.98. The van der Waals surface area contributed by atoms with Crippen LogP contribution in [0.1, 0.15) is 12.3 Å². The highest BCUT2D eigenvalue weighted by atomic mass is 16.5. The Morgan fingerprint density at radius 3 is 3.17 bits per heavy atom. The van der Waals surface area contributed by atoms with Crippen LogP contribution in [0, 0.1) is 0 Å². The average molecular weight is 243 g/mol. The van der Waals surface area contributed by atoms with E-state index < -0.39 is 0 Å². The monoisotopic (exact) mass is 243 g/mol. The van der Waals surface area contributed by atoms with Crippen LogP contribution in [0.25, 0.3) is 22.6 Å². The molecule has 0 aliphatic rings. The van der Waals surface area contributed by atoms with Crippen molar-refractivity contribution in [2.24, 2.45) is 5.73 Å². The highest BCUT2D eigenvalue weighted by Crippen LogP contribution is 2.20. The number of aromatic amines is 1. The topological polar surface area (TPSA) is 93.6 Å². The van der Waals surface area contributed by atoms with Crippen LogP contribution in [-0.2, 0) is 6.42 Å². The first-order valence-electron chi connectivity index (χ1n) is 5.83. The lowest BCUT2D eigenvalue weighted by molar-refractivity contribution is 0.376. The summed E-state index contributed by atoms with van der Waals surface area (Å²) in [5.41, 5.74) is 7.07. The van der Waals surface area contributed by atoms with Gasteiger partial charge in [-0.2, -0.15) is 4.98 Å². The van der Waals surface area contributed by atoms with Crippen LogP contribution in [0.4, 0.5) is 0 Å². The molecule has 3 N–H and O–H groups in total. The van der Waals surface area contributed by atoms with E-state index >= 15 is 0 Å². The number of H-pyrrole nitrogens is 1. The highest BCUT2D eigenvalue weighted by Gasteiger charge is 2.11. The van der Waals surface area contributed by atoms with Gasteiger partial charge in [-0.1, -0.05) is 5.16 Å². The largest absolute Gasteiger partial charge is 0.339 e. The molecule has 0 aromatic carbocycles. The van der Waals surface area contributed by atoms with Gasteiger partial charge in [0.15, 0.2) is 0 Å². The zero-order chi connectivity index (χ0) is 12.4. The third-order valence-corrected chi connectivity index (χ3v) is 2.70. The molecular formula is C12H13N5O. The van der Waals surface area contributed by atoms with Crippen molar-refractivity contribution in [3.63, 3.8) is 0 Å². The van der Waals surface area contributed by atoms with Gasteiger partial charge in [0.1, 0.15) is 5.65 Å². The first-order chi connectivity index (χ1) is 8.86. The highest BCUT2D eigenvalue weighted by molar-refractivity contribution is 5.81. The summed E-state index contributed by atoms with van der Waals surface area (Å²) < 4.78 is 5.16. The summed E-state index contributed by atoms with van der Waals surface area (Å²) >= 11 is 0. The van der Waals surface area contributed by atoms with Crippen molar-refractivity contribution in [2.45, 2.75) is 12.8 Å². The molecule has 0 spiro atoms. The summed E-state index contributed by atoms with van der Waals surface area (Å²) in [7, 11) is 0. The standard InChI is InChI=1S/C12H13N5O/c13-5-1-4-10-16-12(17-18-10)9-7-8-3-2-6-14-11(8)15-9/h2-3,6-7H,1,4-5,13H2,(H,14,15). The third kappa shape index (κ3) is 1.98. The minimum absolute atomic E-state index is 0.556. The smallest absolute Gasteiger partial charge is 0.227 e. The summed E-state index contributed by atoms with van der Waals surface area (Å²) in [5.74, 6) is 1.17. The van der Waals surface area contributed by atoms with Gasteiger partial charge in [-0.05, 0) is 31.2 Å². The van der Waals surface area contributed by atoms with Crippen molar-refractivity contribution >= 4 is 11.0 Å². The van der Waals surface area contributed by atoms with Gasteiger partial charge in [0.05, 0.1) is 5.69 Å². The van der Waals surface area contributed by atoms with E-state index in [1.165, 1.54) is 0 Å². The van der Waals surface area contributed by atoms with Gasteiger partial charge in [-0.3, -0.25) is 0 Å². The summed E-state index contributed by atoms with van der Waals surface area (Å²) in [6.07, 6.45) is 3.30. The van der Waals surface area contributed by atoms with E-state index in [0.717, 1.165) is 23.1 Å². The third-order valence-electron chi connectivity index (χ3n) is 2.70. The maximum Gasteiger partial charge on any atom is 0.227 e. The number of hydrogen-bond acceptors (Lipinski definition) is 5. The van der Waals surface area contributed by atoms with E-state index in [0.29, 0.717) is 24.7 Å². The molecule has 3 aromatic rings. The molecule has 3 heterocycles. The van der Waals surface area contributed by atoms with Crippen molar-refractivity contribution < 1.29 is 4.52 Å². The lowest BCUT2D eigenvalue weighted by Crippen LogP contribution is -2.00. The van der Waals surface area contributed by atoms with Crippen molar-refractivity contribution in [1.82, 2.24) is 20.1 Å². The lowest BCUT2D eigenvalue weighted by atomic mass is 10.3. The molecule has 92 valence electrons. The van der Waals surface area contributed by atoms with E-state index in [9.17, 15) is 0 Å². The second kappa shape index (κ2) is 4.58. The number of fused-ring (bicyclic) bond motifs is 1. The maximum atomic E-state index is 5.44. The molecule has 0 atom stereocenters. The molecule has 0 aliphatic carbocycles. The fraction of sp³-hybridized carbons (Fsp3) is 0.250. The number of rotatable bonds is 4. The zero-order valence-corrected chi connectivity index (χ0v) is 9.76. The number of pyridine rings is 1. The van der Waals surface area contributed by atoms with Crippen LogP contribution >= 0.6 is 0 Å². The maximum absolute atomic E-state index is 5.44. The second-order valence-electron chi connectivity index (χ2n) is 4.03. The first kappa shape index (κ1) is 10.9. The van der Waals surface area contributed by atoms with Crippen molar-refractivity contribution in [3.05, 3.63) is 30.3 Å². The number of nitrogens with one attached hydrogen (secondary N) is 1. The predicted molar refractivity (Wildman–Crippen MR) is 66.8 cm³/mol. The predicted octanol–water partition coefficient (Wildman–Crippen LogP) is 1.50. The number of aryl methyl sites for hydroxylation is 1. The van der Waals surface area contributed by atoms with E-state index in [4.69, 9.17) is 10.3 Å². The summed E-state index contributed by atoms with van der Waals surface area (Å²) in [6, 6.07) is 5.83. The van der Waals surface area contributed by atoms with E-state index in [-0.39, 0.29) is 0 Å². The minimum atomic E-state index is 0.556. The fourth-order valence-electron chi connectivity index (χ4n) is 1.80. The molecular weight excluding hydrogens is 230 g/mol. The van der Waals surface area contributed by atoms with E-state index in [1.807, 2.05) is 18.2 Å². The molecule has 0 bridgehead atoms. The van der Waals surface area contributed by atoms with Crippen LogP contribution in [-0.4, -0.2) is 26.7 Å². The van der Waals surface area contributed by atoms with Gasteiger partial charge < -0.3 is 15.2 Å². The first-order valence-corrected chi connectivity index (χ1v) is 5.83. The number of nitrogens with two attached hydrogens (primary N) is 1. The Hall–Kier alpha value is -2.21. The summed E-state index contributed by atoms with van der Waals surface area (Å²) in [6.45, 7) is 0.619. The normalized spacial score (nSPS) is 11.2. The lowest BCUT2D eigenvalue weighted by Gasteiger charge is -1.88. The SMILES string of the molecule is NCCCc1nc(-c2cc3cccnc3[nH]2)no1. The van der Waals surface area contributed by atoms with E-state index in [2.05, 4.69) is 20.1 Å². The molecule has 6 heteroatoms. The van der Waals surface area contributed by atoms with Crippen molar-refractivity contribution in [2.75, 3.05) is 6.54 Å². The number of aromatic nitrogens is 4. The molecule has 0 saturated carbocycles. The molecule has 0 fully saturated rings. The molecule has 0 amide bonds. The Labute approximate surface area is 103 Å². The van der Waals surface area contributed by atoms with Gasteiger partial charge in [0.2, 0.25) is 11.7 Å². The Morgan fingerprint density at radius 1 is 1.39 bits per heavy atom. The second-order valence-corrected chi connectivity index (χ2v) is 4.03. The van der Waals surface area contributed by atoms with Gasteiger partial charge in [0.25, 0.3) is 0 Å². The molecule has 0 aliphatic heterocycles.